The molecule has 0 radical (unpaired) electrons. The third kappa shape index (κ3) is 5.09. The van der Waals surface area contributed by atoms with Gasteiger partial charge in [0.15, 0.2) is 0 Å². The maximum Gasteiger partial charge on any atom is 0.243 e. The van der Waals surface area contributed by atoms with E-state index in [2.05, 4.69) is 0 Å². The van der Waals surface area contributed by atoms with Gasteiger partial charge < -0.3 is 5.11 Å². The van der Waals surface area contributed by atoms with Crippen molar-refractivity contribution in [2.24, 2.45) is 5.92 Å². The van der Waals surface area contributed by atoms with Crippen molar-refractivity contribution in [1.82, 2.24) is 4.31 Å². The fourth-order valence-electron chi connectivity index (χ4n) is 2.19. The highest BCUT2D eigenvalue weighted by atomic mass is 32.2. The van der Waals surface area contributed by atoms with Gasteiger partial charge in [-0.1, -0.05) is 26.0 Å². The summed E-state index contributed by atoms with van der Waals surface area (Å²) in [6.45, 7) is 8.50. The second kappa shape index (κ2) is 7.92. The van der Waals surface area contributed by atoms with Crippen LogP contribution in [0.5, 0.6) is 0 Å². The molecule has 0 amide bonds. The summed E-state index contributed by atoms with van der Waals surface area (Å²) in [4.78, 5) is 0.338. The van der Waals surface area contributed by atoms with Gasteiger partial charge in [0.1, 0.15) is 0 Å². The molecule has 0 bridgehead atoms. The molecule has 0 atom stereocenters. The van der Waals surface area contributed by atoms with Crippen LogP contribution < -0.4 is 0 Å². The minimum atomic E-state index is -3.45. The van der Waals surface area contributed by atoms with Gasteiger partial charge in [-0.25, -0.2) is 8.42 Å². The van der Waals surface area contributed by atoms with Crippen molar-refractivity contribution >= 4 is 10.0 Å². The van der Waals surface area contributed by atoms with E-state index in [0.29, 0.717) is 17.9 Å². The lowest BCUT2D eigenvalue weighted by atomic mass is 10.1. The zero-order valence-electron chi connectivity index (χ0n) is 13.4. The summed E-state index contributed by atoms with van der Waals surface area (Å²) < 4.78 is 27.0. The Labute approximate surface area is 128 Å². The summed E-state index contributed by atoms with van der Waals surface area (Å²) in [6, 6.07) is 6.92. The first-order valence-electron chi connectivity index (χ1n) is 7.50. The van der Waals surface area contributed by atoms with Crippen molar-refractivity contribution in [2.45, 2.75) is 51.5 Å². The molecule has 4 nitrogen and oxygen atoms in total. The molecule has 0 saturated heterocycles. The van der Waals surface area contributed by atoms with E-state index in [1.54, 1.807) is 16.4 Å². The van der Waals surface area contributed by atoms with Gasteiger partial charge in [0.05, 0.1) is 4.90 Å². The lowest BCUT2D eigenvalue weighted by Gasteiger charge is -2.27. The maximum atomic E-state index is 12.7. The Morgan fingerprint density at radius 1 is 1.10 bits per heavy atom. The minimum Gasteiger partial charge on any atom is -0.396 e. The predicted octanol–water partition coefficient (Wildman–Crippen LogP) is 2.67. The summed E-state index contributed by atoms with van der Waals surface area (Å²) in [5.74, 6) is 0.283. The van der Waals surface area contributed by atoms with Crippen LogP contribution in [0.2, 0.25) is 0 Å². The topological polar surface area (TPSA) is 57.6 Å². The molecule has 1 rings (SSSR count). The molecule has 5 heteroatoms. The zero-order chi connectivity index (χ0) is 16.0. The van der Waals surface area contributed by atoms with Crippen molar-refractivity contribution in [3.8, 4) is 0 Å². The van der Waals surface area contributed by atoms with Crippen molar-refractivity contribution in [1.29, 1.82) is 0 Å². The van der Waals surface area contributed by atoms with Crippen LogP contribution in [0.25, 0.3) is 0 Å². The van der Waals surface area contributed by atoms with Crippen LogP contribution in [0.15, 0.2) is 29.2 Å². The van der Waals surface area contributed by atoms with Gasteiger partial charge in [-0.2, -0.15) is 4.31 Å². The molecule has 1 aromatic rings. The molecule has 0 heterocycles. The van der Waals surface area contributed by atoms with E-state index in [0.717, 1.165) is 12.0 Å². The molecule has 0 aliphatic heterocycles. The standard InChI is InChI=1S/C16H27NO3S/c1-13(2)12-17(14(3)4)21(19,20)16-9-7-15(8-10-16)6-5-11-18/h7-10,13-14,18H,5-6,11-12H2,1-4H3. The highest BCUT2D eigenvalue weighted by Gasteiger charge is 2.27. The summed E-state index contributed by atoms with van der Waals surface area (Å²) in [6.07, 6.45) is 1.45. The Morgan fingerprint density at radius 3 is 2.10 bits per heavy atom. The summed E-state index contributed by atoms with van der Waals surface area (Å²) in [5.41, 5.74) is 1.04. The van der Waals surface area contributed by atoms with Crippen molar-refractivity contribution < 1.29 is 13.5 Å². The van der Waals surface area contributed by atoms with E-state index in [4.69, 9.17) is 5.11 Å². The number of aliphatic hydroxyl groups excluding tert-OH is 1. The Hall–Kier alpha value is -0.910. The van der Waals surface area contributed by atoms with Crippen molar-refractivity contribution in [3.05, 3.63) is 29.8 Å². The van der Waals surface area contributed by atoms with Gasteiger partial charge in [0.2, 0.25) is 10.0 Å². The first-order chi connectivity index (χ1) is 9.78. The molecule has 0 saturated carbocycles. The highest BCUT2D eigenvalue weighted by Crippen LogP contribution is 2.20. The lowest BCUT2D eigenvalue weighted by Crippen LogP contribution is -2.39. The van der Waals surface area contributed by atoms with Gasteiger partial charge in [-0.3, -0.25) is 0 Å². The van der Waals surface area contributed by atoms with Gasteiger partial charge >= 0.3 is 0 Å². The van der Waals surface area contributed by atoms with Crippen LogP contribution in [-0.2, 0) is 16.4 Å². The molecule has 1 aromatic carbocycles. The fourth-order valence-corrected chi connectivity index (χ4v) is 3.99. The number of sulfonamides is 1. The average molecular weight is 313 g/mol. The zero-order valence-corrected chi connectivity index (χ0v) is 14.2. The SMILES string of the molecule is CC(C)CN(C(C)C)S(=O)(=O)c1ccc(CCCO)cc1. The summed E-state index contributed by atoms with van der Waals surface area (Å²) >= 11 is 0. The monoisotopic (exact) mass is 313 g/mol. The quantitative estimate of drug-likeness (QED) is 0.803. The Balaban J connectivity index is 2.99. The summed E-state index contributed by atoms with van der Waals surface area (Å²) in [7, 11) is -3.45. The predicted molar refractivity (Wildman–Crippen MR) is 85.7 cm³/mol. The van der Waals surface area contributed by atoms with E-state index in [9.17, 15) is 8.42 Å². The van der Waals surface area contributed by atoms with E-state index >= 15 is 0 Å². The molecule has 0 aliphatic rings. The number of rotatable bonds is 8. The maximum absolute atomic E-state index is 12.7. The number of aryl methyl sites for hydroxylation is 1. The second-order valence-electron chi connectivity index (χ2n) is 6.03. The molecular formula is C16H27NO3S. The largest absolute Gasteiger partial charge is 0.396 e. The molecular weight excluding hydrogens is 286 g/mol. The molecule has 0 aromatic heterocycles. The Morgan fingerprint density at radius 2 is 1.67 bits per heavy atom. The number of aliphatic hydroxyl groups is 1. The number of benzene rings is 1. The number of nitrogens with zero attached hydrogens (tertiary/aromatic N) is 1. The van der Waals surface area contributed by atoms with Gasteiger partial charge in [0, 0.05) is 19.2 Å². The minimum absolute atomic E-state index is 0.0635. The van der Waals surface area contributed by atoms with Crippen LogP contribution in [0, 0.1) is 5.92 Å². The lowest BCUT2D eigenvalue weighted by molar-refractivity contribution is 0.288. The van der Waals surface area contributed by atoms with Crippen LogP contribution in [0.4, 0.5) is 0 Å². The molecule has 0 fully saturated rings. The molecule has 21 heavy (non-hydrogen) atoms. The van der Waals surface area contributed by atoms with E-state index in [-0.39, 0.29) is 18.6 Å². The average Bonchev–Trinajstić information content (AvgIpc) is 2.42. The van der Waals surface area contributed by atoms with Crippen molar-refractivity contribution in [2.75, 3.05) is 13.2 Å². The third-order valence-electron chi connectivity index (χ3n) is 3.27. The van der Waals surface area contributed by atoms with Crippen molar-refractivity contribution in [3.63, 3.8) is 0 Å². The first kappa shape index (κ1) is 18.1. The van der Waals surface area contributed by atoms with E-state index in [1.165, 1.54) is 0 Å². The van der Waals surface area contributed by atoms with Crippen LogP contribution >= 0.6 is 0 Å². The van der Waals surface area contributed by atoms with Gasteiger partial charge in [-0.15, -0.1) is 0 Å². The second-order valence-corrected chi connectivity index (χ2v) is 7.92. The number of hydrogen-bond acceptors (Lipinski definition) is 3. The smallest absolute Gasteiger partial charge is 0.243 e. The molecule has 1 N–H and O–H groups in total. The Kier molecular flexibility index (Phi) is 6.84. The Bertz CT molecular complexity index is 521. The number of hydrogen-bond donors (Lipinski definition) is 1. The normalized spacial score (nSPS) is 12.6. The van der Waals surface area contributed by atoms with Gasteiger partial charge in [-0.05, 0) is 50.3 Å². The third-order valence-corrected chi connectivity index (χ3v) is 5.33. The van der Waals surface area contributed by atoms with E-state index in [1.807, 2.05) is 39.8 Å². The first-order valence-corrected chi connectivity index (χ1v) is 8.94. The van der Waals surface area contributed by atoms with Crippen LogP contribution in [-0.4, -0.2) is 37.0 Å². The summed E-state index contributed by atoms with van der Waals surface area (Å²) in [5, 5.41) is 8.83. The van der Waals surface area contributed by atoms with Crippen LogP contribution in [0.3, 0.4) is 0 Å². The van der Waals surface area contributed by atoms with E-state index < -0.39 is 10.0 Å². The highest BCUT2D eigenvalue weighted by molar-refractivity contribution is 7.89. The molecule has 120 valence electrons. The molecule has 0 unspecified atom stereocenters. The molecule has 0 spiro atoms. The fraction of sp³-hybridized carbons (Fsp3) is 0.625. The molecule has 0 aliphatic carbocycles. The van der Waals surface area contributed by atoms with Crippen LogP contribution in [0.1, 0.15) is 39.7 Å². The van der Waals surface area contributed by atoms with Gasteiger partial charge in [0.25, 0.3) is 0 Å².